The van der Waals surface area contributed by atoms with Crippen molar-refractivity contribution in [2.45, 2.75) is 24.8 Å². The van der Waals surface area contributed by atoms with Crippen molar-refractivity contribution in [3.8, 4) is 5.75 Å². The van der Waals surface area contributed by atoms with E-state index >= 15 is 0 Å². The summed E-state index contributed by atoms with van der Waals surface area (Å²) in [5.41, 5.74) is 0.0309. The van der Waals surface area contributed by atoms with Crippen LogP contribution < -0.4 is 0 Å². The fraction of sp³-hybridized carbons (Fsp3) is 0.364. The molecule has 0 aromatic heterocycles. The minimum atomic E-state index is -0.681. The Morgan fingerprint density at radius 2 is 2.20 bits per heavy atom. The third-order valence-electron chi connectivity index (χ3n) is 2.93. The van der Waals surface area contributed by atoms with Crippen LogP contribution in [0.2, 0.25) is 0 Å². The molecule has 1 aliphatic carbocycles. The van der Waals surface area contributed by atoms with Crippen LogP contribution >= 0.6 is 0 Å². The molecule has 0 aliphatic heterocycles. The lowest BCUT2D eigenvalue weighted by atomic mass is 9.72. The number of aliphatic imine (C=N–C) groups is 1. The van der Waals surface area contributed by atoms with Gasteiger partial charge in [0.15, 0.2) is 11.6 Å². The smallest absolute Gasteiger partial charge is 0.235 e. The Morgan fingerprint density at radius 3 is 2.67 bits per heavy atom. The first kappa shape index (κ1) is 9.87. The van der Waals surface area contributed by atoms with Crippen LogP contribution in [0, 0.1) is 5.82 Å². The second-order valence-electron chi connectivity index (χ2n) is 3.75. The molecule has 4 heteroatoms. The Labute approximate surface area is 86.3 Å². The Balaban J connectivity index is 2.43. The molecule has 3 nitrogen and oxygen atoms in total. The molecule has 0 atom stereocenters. The Morgan fingerprint density at radius 1 is 1.47 bits per heavy atom. The highest BCUT2D eigenvalue weighted by molar-refractivity contribution is 5.41. The van der Waals surface area contributed by atoms with Gasteiger partial charge in [-0.15, -0.1) is 0 Å². The molecular weight excluding hydrogens is 197 g/mol. The van der Waals surface area contributed by atoms with Crippen molar-refractivity contribution in [2.75, 3.05) is 0 Å². The van der Waals surface area contributed by atoms with Crippen LogP contribution in [0.5, 0.6) is 5.75 Å². The van der Waals surface area contributed by atoms with E-state index in [1.165, 1.54) is 18.2 Å². The van der Waals surface area contributed by atoms with Gasteiger partial charge in [0.2, 0.25) is 6.08 Å². The summed E-state index contributed by atoms with van der Waals surface area (Å²) in [6, 6.07) is 4.11. The van der Waals surface area contributed by atoms with Gasteiger partial charge in [-0.1, -0.05) is 6.07 Å². The van der Waals surface area contributed by atoms with E-state index in [1.807, 2.05) is 0 Å². The maximum absolute atomic E-state index is 13.1. The lowest BCUT2D eigenvalue weighted by Gasteiger charge is -2.37. The van der Waals surface area contributed by atoms with Crippen molar-refractivity contribution in [3.05, 3.63) is 29.6 Å². The van der Waals surface area contributed by atoms with Gasteiger partial charge in [-0.3, -0.25) is 0 Å². The predicted octanol–water partition coefficient (Wildman–Crippen LogP) is 2.25. The summed E-state index contributed by atoms with van der Waals surface area (Å²) in [5, 5.41) is 9.05. The van der Waals surface area contributed by atoms with Gasteiger partial charge < -0.3 is 5.11 Å². The van der Waals surface area contributed by atoms with E-state index in [9.17, 15) is 9.18 Å². The topological polar surface area (TPSA) is 49.7 Å². The lowest BCUT2D eigenvalue weighted by molar-refractivity contribution is 0.254. The van der Waals surface area contributed by atoms with E-state index in [-0.39, 0.29) is 5.75 Å². The predicted molar refractivity (Wildman–Crippen MR) is 51.7 cm³/mol. The van der Waals surface area contributed by atoms with Crippen LogP contribution in [0.4, 0.5) is 4.39 Å². The zero-order valence-corrected chi connectivity index (χ0v) is 8.03. The highest BCUT2D eigenvalue weighted by Crippen LogP contribution is 2.45. The molecule has 0 radical (unpaired) electrons. The Hall–Kier alpha value is -1.67. The molecule has 0 amide bonds. The first-order valence-electron chi connectivity index (χ1n) is 4.76. The minimum Gasteiger partial charge on any atom is -0.505 e. The zero-order valence-electron chi connectivity index (χ0n) is 8.03. The van der Waals surface area contributed by atoms with Gasteiger partial charge in [0.1, 0.15) is 0 Å². The summed E-state index contributed by atoms with van der Waals surface area (Å²) in [6.07, 6.45) is 3.96. The molecule has 1 aromatic rings. The van der Waals surface area contributed by atoms with Crippen LogP contribution in [0.25, 0.3) is 0 Å². The van der Waals surface area contributed by atoms with Gasteiger partial charge in [0.05, 0.1) is 5.54 Å². The number of phenolic OH excluding ortho intramolecular Hbond substituents is 1. The van der Waals surface area contributed by atoms with Gasteiger partial charge in [-0.2, -0.15) is 4.99 Å². The molecule has 0 unspecified atom stereocenters. The highest BCUT2D eigenvalue weighted by atomic mass is 19.1. The number of isocyanates is 1. The van der Waals surface area contributed by atoms with E-state index in [0.717, 1.165) is 19.3 Å². The van der Waals surface area contributed by atoms with Gasteiger partial charge in [0, 0.05) is 0 Å². The quantitative estimate of drug-likeness (QED) is 0.597. The number of hydrogen-bond donors (Lipinski definition) is 1. The normalized spacial score (nSPS) is 17.7. The fourth-order valence-electron chi connectivity index (χ4n) is 1.86. The first-order chi connectivity index (χ1) is 7.18. The molecule has 15 heavy (non-hydrogen) atoms. The molecule has 78 valence electrons. The molecular formula is C11H10FNO2. The first-order valence-corrected chi connectivity index (χ1v) is 4.76. The summed E-state index contributed by atoms with van der Waals surface area (Å²) in [5.74, 6) is -1.07. The molecule has 2 rings (SSSR count). The number of benzene rings is 1. The molecule has 1 N–H and O–H groups in total. The molecule has 1 aliphatic rings. The highest BCUT2D eigenvalue weighted by Gasteiger charge is 2.39. The Kier molecular flexibility index (Phi) is 2.29. The number of halogens is 1. The van der Waals surface area contributed by atoms with E-state index in [1.54, 1.807) is 6.07 Å². The maximum Gasteiger partial charge on any atom is 0.235 e. The molecule has 0 saturated heterocycles. The maximum atomic E-state index is 13.1. The van der Waals surface area contributed by atoms with Crippen LogP contribution in [0.15, 0.2) is 23.2 Å². The average Bonchev–Trinajstić information content (AvgIpc) is 2.16. The summed E-state index contributed by atoms with van der Waals surface area (Å²) >= 11 is 0. The third kappa shape index (κ3) is 1.53. The average molecular weight is 207 g/mol. The van der Waals surface area contributed by atoms with E-state index in [0.29, 0.717) is 5.56 Å². The standard InChI is InChI=1S/C11H10FNO2/c12-9-6-8(2-3-10(9)15)11(13-7-14)4-1-5-11/h2-3,6,15H,1,4-5H2. The minimum absolute atomic E-state index is 0.386. The van der Waals surface area contributed by atoms with Crippen LogP contribution in [-0.2, 0) is 10.3 Å². The second kappa shape index (κ2) is 3.48. The second-order valence-corrected chi connectivity index (χ2v) is 3.75. The number of carbonyl (C=O) groups excluding carboxylic acids is 1. The van der Waals surface area contributed by atoms with Gasteiger partial charge in [-0.25, -0.2) is 9.18 Å². The summed E-state index contributed by atoms with van der Waals surface area (Å²) in [6.45, 7) is 0. The van der Waals surface area contributed by atoms with Crippen LogP contribution in [0.1, 0.15) is 24.8 Å². The van der Waals surface area contributed by atoms with Gasteiger partial charge >= 0.3 is 0 Å². The number of rotatable bonds is 2. The summed E-state index contributed by atoms with van der Waals surface area (Å²) in [7, 11) is 0. The number of nitrogens with zero attached hydrogens (tertiary/aromatic N) is 1. The lowest BCUT2D eigenvalue weighted by Crippen LogP contribution is -2.31. The van der Waals surface area contributed by atoms with E-state index in [4.69, 9.17) is 5.11 Å². The van der Waals surface area contributed by atoms with E-state index < -0.39 is 11.4 Å². The number of hydrogen-bond acceptors (Lipinski definition) is 3. The Bertz CT molecular complexity index is 434. The number of aromatic hydroxyl groups is 1. The molecule has 1 saturated carbocycles. The summed E-state index contributed by atoms with van der Waals surface area (Å²) in [4.78, 5) is 14.1. The third-order valence-corrected chi connectivity index (χ3v) is 2.93. The SMILES string of the molecule is O=C=NC1(c2ccc(O)c(F)c2)CCC1. The van der Waals surface area contributed by atoms with Crippen LogP contribution in [-0.4, -0.2) is 11.2 Å². The van der Waals surface area contributed by atoms with Crippen molar-refractivity contribution >= 4 is 6.08 Å². The molecule has 0 spiro atoms. The zero-order chi connectivity index (χ0) is 10.9. The molecule has 1 aromatic carbocycles. The van der Waals surface area contributed by atoms with Gasteiger partial charge in [-0.05, 0) is 37.0 Å². The summed E-state index contributed by atoms with van der Waals surface area (Å²) < 4.78 is 13.1. The van der Waals surface area contributed by atoms with Crippen molar-refractivity contribution in [1.82, 2.24) is 0 Å². The molecule has 0 bridgehead atoms. The van der Waals surface area contributed by atoms with Crippen molar-refractivity contribution < 1.29 is 14.3 Å². The molecule has 0 heterocycles. The van der Waals surface area contributed by atoms with Crippen LogP contribution in [0.3, 0.4) is 0 Å². The van der Waals surface area contributed by atoms with E-state index in [2.05, 4.69) is 4.99 Å². The van der Waals surface area contributed by atoms with Crippen molar-refractivity contribution in [2.24, 2.45) is 4.99 Å². The van der Waals surface area contributed by atoms with Crippen molar-refractivity contribution in [1.29, 1.82) is 0 Å². The van der Waals surface area contributed by atoms with Gasteiger partial charge in [0.25, 0.3) is 0 Å². The molecule has 1 fully saturated rings. The largest absolute Gasteiger partial charge is 0.505 e. The monoisotopic (exact) mass is 207 g/mol. The van der Waals surface area contributed by atoms with Crippen molar-refractivity contribution in [3.63, 3.8) is 0 Å². The number of phenols is 1. The fourth-order valence-corrected chi connectivity index (χ4v) is 1.86.